The van der Waals surface area contributed by atoms with Crippen molar-refractivity contribution in [1.82, 2.24) is 19.9 Å². The van der Waals surface area contributed by atoms with E-state index < -0.39 is 11.9 Å². The van der Waals surface area contributed by atoms with Gasteiger partial charge in [-0.2, -0.15) is 0 Å². The van der Waals surface area contributed by atoms with Gasteiger partial charge in [-0.05, 0) is 173 Å². The first-order valence-electron chi connectivity index (χ1n) is 31.4. The summed E-state index contributed by atoms with van der Waals surface area (Å²) in [5.41, 5.74) is 5.55. The number of rotatable bonds is 43. The Balaban J connectivity index is 0.921. The summed E-state index contributed by atoms with van der Waals surface area (Å²) in [6.45, 7) is 9.57. The van der Waals surface area contributed by atoms with E-state index in [4.69, 9.17) is 28.4 Å². The average molecular weight is 1120 g/mol. The lowest BCUT2D eigenvalue weighted by Crippen LogP contribution is -2.15. The fourth-order valence-corrected chi connectivity index (χ4v) is 9.72. The summed E-state index contributed by atoms with van der Waals surface area (Å²) in [5.74, 6) is 1.95. The normalized spacial score (nSPS) is 11.5. The molecule has 12 nitrogen and oxygen atoms in total. The molecular weight excluding hydrogens is 1020 g/mol. The second kappa shape index (κ2) is 38.8. The number of aryl methyl sites for hydroxylation is 4. The summed E-state index contributed by atoms with van der Waals surface area (Å²) < 4.78 is 35.9. The molecule has 2 heterocycles. The van der Waals surface area contributed by atoms with Gasteiger partial charge in [-0.3, -0.25) is 0 Å². The molecule has 0 fully saturated rings. The zero-order chi connectivity index (χ0) is 57.7. The van der Waals surface area contributed by atoms with Crippen molar-refractivity contribution < 1.29 is 38.0 Å². The van der Waals surface area contributed by atoms with Crippen LogP contribution in [-0.2, 0) is 30.4 Å². The maximum Gasteiger partial charge on any atom is 0.343 e. The van der Waals surface area contributed by atoms with Crippen molar-refractivity contribution in [2.75, 3.05) is 13.2 Å². The molecule has 6 rings (SSSR count). The maximum atomic E-state index is 13.5. The molecule has 0 saturated heterocycles. The van der Waals surface area contributed by atoms with Crippen molar-refractivity contribution in [1.29, 1.82) is 0 Å². The van der Waals surface area contributed by atoms with Gasteiger partial charge in [0.05, 0.1) is 30.4 Å². The molecule has 6 aromatic rings. The third-order valence-corrected chi connectivity index (χ3v) is 14.8. The van der Waals surface area contributed by atoms with Gasteiger partial charge in [0, 0.05) is 24.8 Å². The topological polar surface area (TPSA) is 141 Å². The summed E-state index contributed by atoms with van der Waals surface area (Å²) >= 11 is 0. The number of hydrogen-bond acceptors (Lipinski definition) is 12. The predicted octanol–water partition coefficient (Wildman–Crippen LogP) is 18.8. The minimum absolute atomic E-state index is 0.170. The summed E-state index contributed by atoms with van der Waals surface area (Å²) in [6.07, 6.45) is 39.7. The Hall–Kier alpha value is -6.82. The van der Waals surface area contributed by atoms with Gasteiger partial charge in [0.15, 0.2) is 11.5 Å². The van der Waals surface area contributed by atoms with E-state index >= 15 is 0 Å². The van der Waals surface area contributed by atoms with Crippen molar-refractivity contribution in [3.8, 4) is 40.8 Å². The SMILES string of the molecule is CCCCCCCCc1ccc(Oc2ncc(CCCCCCOc3ccc(C(=O)Oc4ccc(C(=O)OC(C)CCCCCC)cc4)cc3OCCCCCCc3cnc(Oc4ccc(CCCCCCCC)cc4)nc3)cn2)cc1. The summed E-state index contributed by atoms with van der Waals surface area (Å²) in [4.78, 5) is 44.2. The summed E-state index contributed by atoms with van der Waals surface area (Å²) in [6, 6.07) is 28.9. The van der Waals surface area contributed by atoms with Gasteiger partial charge in [-0.25, -0.2) is 29.5 Å². The van der Waals surface area contributed by atoms with Crippen LogP contribution >= 0.6 is 0 Å². The number of unbranched alkanes of at least 4 members (excludes halogenated alkanes) is 19. The molecule has 2 aromatic heterocycles. The fourth-order valence-electron chi connectivity index (χ4n) is 9.72. The van der Waals surface area contributed by atoms with Crippen LogP contribution in [0.2, 0.25) is 0 Å². The molecule has 4 aromatic carbocycles. The van der Waals surface area contributed by atoms with Crippen molar-refractivity contribution >= 4 is 11.9 Å². The van der Waals surface area contributed by atoms with Gasteiger partial charge in [-0.1, -0.05) is 154 Å². The molecule has 442 valence electrons. The molecule has 1 unspecified atom stereocenters. The first kappa shape index (κ1) is 64.3. The summed E-state index contributed by atoms with van der Waals surface area (Å²) in [7, 11) is 0. The second-order valence-corrected chi connectivity index (χ2v) is 21.9. The number of carbonyl (C=O) groups is 2. The van der Waals surface area contributed by atoms with Crippen LogP contribution in [0, 0.1) is 0 Å². The molecule has 0 aliphatic carbocycles. The minimum Gasteiger partial charge on any atom is -0.490 e. The van der Waals surface area contributed by atoms with Crippen LogP contribution in [0.3, 0.4) is 0 Å². The first-order valence-corrected chi connectivity index (χ1v) is 31.4. The van der Waals surface area contributed by atoms with Crippen molar-refractivity contribution in [3.63, 3.8) is 0 Å². The molecule has 0 amide bonds. The average Bonchev–Trinajstić information content (AvgIpc) is 3.58. The molecule has 1 atom stereocenters. The van der Waals surface area contributed by atoms with E-state index in [2.05, 4.69) is 65.0 Å². The van der Waals surface area contributed by atoms with Crippen LogP contribution in [-0.4, -0.2) is 51.2 Å². The zero-order valence-electron chi connectivity index (χ0n) is 50.0. The Morgan fingerprint density at radius 1 is 0.390 bits per heavy atom. The minimum atomic E-state index is -0.542. The van der Waals surface area contributed by atoms with E-state index in [1.807, 2.05) is 56.0 Å². The summed E-state index contributed by atoms with van der Waals surface area (Å²) in [5, 5.41) is 0. The molecule has 0 aliphatic heterocycles. The monoisotopic (exact) mass is 1120 g/mol. The van der Waals surface area contributed by atoms with Gasteiger partial charge in [0.2, 0.25) is 0 Å². The molecule has 0 N–H and O–H groups in total. The number of nitrogens with zero attached hydrogens (tertiary/aromatic N) is 4. The van der Waals surface area contributed by atoms with Crippen LogP contribution < -0.4 is 23.7 Å². The Kier molecular flexibility index (Phi) is 30.5. The molecular formula is C70H94N4O8. The van der Waals surface area contributed by atoms with Crippen molar-refractivity contribution in [2.24, 2.45) is 0 Å². The predicted molar refractivity (Wildman–Crippen MR) is 328 cm³/mol. The van der Waals surface area contributed by atoms with E-state index in [0.29, 0.717) is 53.6 Å². The number of benzene rings is 4. The molecule has 0 saturated carbocycles. The van der Waals surface area contributed by atoms with Crippen LogP contribution in [0.25, 0.3) is 0 Å². The first-order chi connectivity index (χ1) is 40.3. The van der Waals surface area contributed by atoms with E-state index in [9.17, 15) is 9.59 Å². The lowest BCUT2D eigenvalue weighted by Gasteiger charge is -2.15. The largest absolute Gasteiger partial charge is 0.490 e. The third-order valence-electron chi connectivity index (χ3n) is 14.8. The Morgan fingerprint density at radius 3 is 1.26 bits per heavy atom. The highest BCUT2D eigenvalue weighted by atomic mass is 16.5. The molecule has 0 radical (unpaired) electrons. The number of aromatic nitrogens is 4. The molecule has 0 aliphatic rings. The van der Waals surface area contributed by atoms with Crippen LogP contribution in [0.4, 0.5) is 0 Å². The van der Waals surface area contributed by atoms with Crippen LogP contribution in [0.5, 0.6) is 40.8 Å². The highest BCUT2D eigenvalue weighted by Gasteiger charge is 2.17. The van der Waals surface area contributed by atoms with Gasteiger partial charge in [0.1, 0.15) is 17.2 Å². The van der Waals surface area contributed by atoms with E-state index in [1.165, 1.54) is 94.6 Å². The zero-order valence-corrected chi connectivity index (χ0v) is 50.0. The van der Waals surface area contributed by atoms with Gasteiger partial charge >= 0.3 is 24.0 Å². The fraction of sp³-hybridized carbons (Fsp3) is 0.514. The van der Waals surface area contributed by atoms with Gasteiger partial charge in [-0.15, -0.1) is 0 Å². The van der Waals surface area contributed by atoms with Crippen LogP contribution in [0.15, 0.2) is 116 Å². The van der Waals surface area contributed by atoms with Crippen LogP contribution in [0.1, 0.15) is 231 Å². The van der Waals surface area contributed by atoms with E-state index in [1.54, 1.807) is 42.5 Å². The van der Waals surface area contributed by atoms with Gasteiger partial charge in [0.25, 0.3) is 0 Å². The van der Waals surface area contributed by atoms with Gasteiger partial charge < -0.3 is 28.4 Å². The van der Waals surface area contributed by atoms with E-state index in [0.717, 1.165) is 125 Å². The number of ether oxygens (including phenoxy) is 6. The highest BCUT2D eigenvalue weighted by molar-refractivity contribution is 5.92. The van der Waals surface area contributed by atoms with Crippen molar-refractivity contribution in [2.45, 2.75) is 220 Å². The van der Waals surface area contributed by atoms with Crippen molar-refractivity contribution in [3.05, 3.63) is 149 Å². The molecule has 0 bridgehead atoms. The Bertz CT molecular complexity index is 2660. The molecule has 82 heavy (non-hydrogen) atoms. The molecule has 12 heteroatoms. The Morgan fingerprint density at radius 2 is 0.780 bits per heavy atom. The molecule has 0 spiro atoms. The van der Waals surface area contributed by atoms with E-state index in [-0.39, 0.29) is 6.10 Å². The quantitative estimate of drug-likeness (QED) is 0.0204. The number of carbonyl (C=O) groups excluding carboxylic acids is 2. The lowest BCUT2D eigenvalue weighted by atomic mass is 10.0. The Labute approximate surface area is 490 Å². The number of hydrogen-bond donors (Lipinski definition) is 0. The second-order valence-electron chi connectivity index (χ2n) is 21.9. The lowest BCUT2D eigenvalue weighted by molar-refractivity contribution is 0.0319. The smallest absolute Gasteiger partial charge is 0.343 e. The highest BCUT2D eigenvalue weighted by Crippen LogP contribution is 2.31. The number of esters is 2. The maximum absolute atomic E-state index is 13.5. The standard InChI is InChI=1S/C70H94N4O8/c1-5-8-11-14-16-23-30-56-34-41-63(42-35-56)81-69-71-51-58(52-72-69)32-25-18-20-27-48-77-65-47-40-61(68(76)80-62-45-38-60(39-46-62)67(75)79-55(4)29-22-13-10-7-3)50-66(65)78-49-28-21-19-26-33-59-53-73-70(74-54-59)82-64-43-36-57(37-44-64)31-24-17-15-12-9-6-2/h34-47,50-55H,5-33,48-49H2,1-4H3. The third kappa shape index (κ3) is 25.5.